The van der Waals surface area contributed by atoms with E-state index >= 15 is 0 Å². The number of nitrogens with zero attached hydrogens (tertiary/aromatic N) is 1. The maximum absolute atomic E-state index is 13.4. The van der Waals surface area contributed by atoms with E-state index in [4.69, 9.17) is 17.0 Å². The van der Waals surface area contributed by atoms with Gasteiger partial charge in [-0.1, -0.05) is 0 Å². The molecule has 0 spiro atoms. The van der Waals surface area contributed by atoms with Crippen molar-refractivity contribution < 1.29 is 9.13 Å². The molecule has 1 fully saturated rings. The zero-order valence-corrected chi connectivity index (χ0v) is 13.7. The molecule has 118 valence electrons. The van der Waals surface area contributed by atoms with E-state index in [1.54, 1.807) is 17.8 Å². The molecule has 2 aliphatic heterocycles. The lowest BCUT2D eigenvalue weighted by Gasteiger charge is -2.18. The minimum absolute atomic E-state index is 0.230. The summed E-state index contributed by atoms with van der Waals surface area (Å²) in [5.41, 5.74) is 4.55. The Hall–Kier alpha value is -1.18. The molecule has 1 atom stereocenters. The molecule has 2 N–H and O–H groups in total. The number of hydrogen-bond donors (Lipinski definition) is 2. The van der Waals surface area contributed by atoms with Crippen molar-refractivity contribution in [3.63, 3.8) is 0 Å². The van der Waals surface area contributed by atoms with Gasteiger partial charge in [-0.3, -0.25) is 5.43 Å². The number of fused-ring (bicyclic) bond motifs is 1. The van der Waals surface area contributed by atoms with E-state index < -0.39 is 0 Å². The van der Waals surface area contributed by atoms with Crippen LogP contribution in [0.15, 0.2) is 28.2 Å². The Morgan fingerprint density at radius 2 is 2.41 bits per heavy atom. The van der Waals surface area contributed by atoms with E-state index in [0.29, 0.717) is 11.7 Å². The number of halogens is 1. The highest BCUT2D eigenvalue weighted by Gasteiger charge is 2.18. The monoisotopic (exact) mass is 339 g/mol. The molecule has 4 nitrogen and oxygen atoms in total. The van der Waals surface area contributed by atoms with Crippen LogP contribution in [0.4, 0.5) is 4.39 Å². The van der Waals surface area contributed by atoms with E-state index in [1.165, 1.54) is 12.1 Å². The highest BCUT2D eigenvalue weighted by Crippen LogP contribution is 2.30. The van der Waals surface area contributed by atoms with Crippen molar-refractivity contribution in [1.82, 2.24) is 10.7 Å². The Labute approximate surface area is 138 Å². The highest BCUT2D eigenvalue weighted by molar-refractivity contribution is 7.99. The van der Waals surface area contributed by atoms with E-state index in [0.717, 1.165) is 47.8 Å². The van der Waals surface area contributed by atoms with E-state index in [2.05, 4.69) is 15.8 Å². The maximum Gasteiger partial charge on any atom is 0.187 e. The van der Waals surface area contributed by atoms with Crippen LogP contribution >= 0.6 is 24.0 Å². The molecule has 1 aromatic carbocycles. The van der Waals surface area contributed by atoms with Gasteiger partial charge in [-0.15, -0.1) is 11.8 Å². The number of hydrazone groups is 1. The minimum Gasteiger partial charge on any atom is -0.376 e. The van der Waals surface area contributed by atoms with Crippen LogP contribution in [0.5, 0.6) is 0 Å². The third-order valence-electron chi connectivity index (χ3n) is 3.66. The van der Waals surface area contributed by atoms with Gasteiger partial charge >= 0.3 is 0 Å². The first-order valence-corrected chi connectivity index (χ1v) is 8.76. The van der Waals surface area contributed by atoms with E-state index in [1.807, 2.05) is 0 Å². The van der Waals surface area contributed by atoms with Crippen LogP contribution < -0.4 is 10.7 Å². The molecule has 22 heavy (non-hydrogen) atoms. The summed E-state index contributed by atoms with van der Waals surface area (Å²) < 4.78 is 19.0. The van der Waals surface area contributed by atoms with Crippen LogP contribution in [0.2, 0.25) is 0 Å². The van der Waals surface area contributed by atoms with Crippen molar-refractivity contribution in [3.05, 3.63) is 29.6 Å². The Kier molecular flexibility index (Phi) is 5.28. The third kappa shape index (κ3) is 3.97. The van der Waals surface area contributed by atoms with Gasteiger partial charge in [0.1, 0.15) is 5.82 Å². The first-order valence-electron chi connectivity index (χ1n) is 7.37. The topological polar surface area (TPSA) is 45.7 Å². The molecule has 3 rings (SSSR count). The molecule has 7 heteroatoms. The zero-order valence-electron chi connectivity index (χ0n) is 12.1. The van der Waals surface area contributed by atoms with Gasteiger partial charge in [-0.2, -0.15) is 5.10 Å². The second kappa shape index (κ2) is 7.39. The number of thiocarbonyl (C=S) groups is 1. The van der Waals surface area contributed by atoms with Crippen molar-refractivity contribution in [3.8, 4) is 0 Å². The fraction of sp³-hybridized carbons (Fsp3) is 0.467. The van der Waals surface area contributed by atoms with Crippen LogP contribution in [0.1, 0.15) is 24.8 Å². The average molecular weight is 339 g/mol. The van der Waals surface area contributed by atoms with Crippen LogP contribution in [0.3, 0.4) is 0 Å². The summed E-state index contributed by atoms with van der Waals surface area (Å²) >= 11 is 6.94. The van der Waals surface area contributed by atoms with Crippen molar-refractivity contribution in [2.24, 2.45) is 5.10 Å². The first-order chi connectivity index (χ1) is 10.7. The normalized spacial score (nSPS) is 22.4. The molecule has 1 unspecified atom stereocenters. The Morgan fingerprint density at radius 1 is 1.50 bits per heavy atom. The second-order valence-corrected chi connectivity index (χ2v) is 6.80. The van der Waals surface area contributed by atoms with Gasteiger partial charge in [0.25, 0.3) is 0 Å². The molecule has 1 saturated heterocycles. The van der Waals surface area contributed by atoms with Crippen LogP contribution in [0, 0.1) is 5.82 Å². The summed E-state index contributed by atoms with van der Waals surface area (Å²) in [6, 6.07) is 4.82. The zero-order chi connectivity index (χ0) is 15.4. The summed E-state index contributed by atoms with van der Waals surface area (Å²) in [4.78, 5) is 1.06. The van der Waals surface area contributed by atoms with E-state index in [-0.39, 0.29) is 11.9 Å². The standard InChI is InChI=1S/C15H18FN3OS2/c16-10-3-4-14-12(8-10)13(5-7-22-14)18-19-15(21)17-9-11-2-1-6-20-11/h3-4,8,11H,1-2,5-7,9H2,(H2,17,19,21)/b18-13+. The molecule has 0 saturated carbocycles. The Bertz CT molecular complexity index is 588. The quantitative estimate of drug-likeness (QED) is 0.655. The van der Waals surface area contributed by atoms with Crippen LogP contribution in [-0.2, 0) is 4.74 Å². The Morgan fingerprint density at radius 3 is 3.23 bits per heavy atom. The lowest BCUT2D eigenvalue weighted by Crippen LogP contribution is -2.37. The molecule has 0 aliphatic carbocycles. The molecule has 1 aromatic rings. The second-order valence-electron chi connectivity index (χ2n) is 5.25. The highest BCUT2D eigenvalue weighted by atomic mass is 32.2. The van der Waals surface area contributed by atoms with Gasteiger partial charge < -0.3 is 10.1 Å². The number of hydrogen-bond acceptors (Lipinski definition) is 4. The first kappa shape index (κ1) is 15.7. The van der Waals surface area contributed by atoms with E-state index in [9.17, 15) is 4.39 Å². The molecular formula is C15H18FN3OS2. The molecule has 0 radical (unpaired) electrons. The van der Waals surface area contributed by atoms with Gasteiger partial charge in [0.05, 0.1) is 11.8 Å². The summed E-state index contributed by atoms with van der Waals surface area (Å²) in [6.07, 6.45) is 3.19. The number of ether oxygens (including phenoxy) is 1. The van der Waals surface area contributed by atoms with Gasteiger partial charge in [-0.05, 0) is 43.3 Å². The fourth-order valence-electron chi connectivity index (χ4n) is 2.53. The minimum atomic E-state index is -0.243. The fourth-order valence-corrected chi connectivity index (χ4v) is 3.67. The molecule has 0 aromatic heterocycles. The number of rotatable bonds is 3. The average Bonchev–Trinajstić information content (AvgIpc) is 3.04. The number of benzene rings is 1. The predicted molar refractivity (Wildman–Crippen MR) is 91.0 cm³/mol. The Balaban J connectivity index is 1.58. The predicted octanol–water partition coefficient (Wildman–Crippen LogP) is 2.67. The summed E-state index contributed by atoms with van der Waals surface area (Å²) in [5.74, 6) is 0.697. The van der Waals surface area contributed by atoms with Gasteiger partial charge in [-0.25, -0.2) is 4.39 Å². The van der Waals surface area contributed by atoms with Crippen LogP contribution in [-0.4, -0.2) is 35.8 Å². The largest absolute Gasteiger partial charge is 0.376 e. The lowest BCUT2D eigenvalue weighted by atomic mass is 10.1. The third-order valence-corrected chi connectivity index (χ3v) is 4.97. The lowest BCUT2D eigenvalue weighted by molar-refractivity contribution is 0.114. The molecule has 0 amide bonds. The van der Waals surface area contributed by atoms with Crippen molar-refractivity contribution in [1.29, 1.82) is 0 Å². The molecule has 2 aliphatic rings. The SMILES string of the molecule is Fc1ccc2c(c1)/C(=N/NC(=S)NCC1CCCO1)CCS2. The summed E-state index contributed by atoms with van der Waals surface area (Å²) in [5, 5.41) is 7.93. The number of nitrogens with one attached hydrogen (secondary N) is 2. The van der Waals surface area contributed by atoms with Gasteiger partial charge in [0, 0.05) is 35.8 Å². The van der Waals surface area contributed by atoms with Crippen molar-refractivity contribution in [2.45, 2.75) is 30.3 Å². The summed E-state index contributed by atoms with van der Waals surface area (Å²) in [6.45, 7) is 1.52. The molecular weight excluding hydrogens is 321 g/mol. The molecule has 2 heterocycles. The summed E-state index contributed by atoms with van der Waals surface area (Å²) in [7, 11) is 0. The maximum atomic E-state index is 13.4. The number of thioether (sulfide) groups is 1. The van der Waals surface area contributed by atoms with Gasteiger partial charge in [0.2, 0.25) is 0 Å². The van der Waals surface area contributed by atoms with Crippen molar-refractivity contribution >= 4 is 34.8 Å². The van der Waals surface area contributed by atoms with Crippen molar-refractivity contribution in [2.75, 3.05) is 18.9 Å². The molecule has 0 bridgehead atoms. The smallest absolute Gasteiger partial charge is 0.187 e. The van der Waals surface area contributed by atoms with Crippen LogP contribution in [0.25, 0.3) is 0 Å². The van der Waals surface area contributed by atoms with Gasteiger partial charge in [0.15, 0.2) is 5.11 Å².